The summed E-state index contributed by atoms with van der Waals surface area (Å²) in [5, 5.41) is 14.2. The molecule has 2 aromatic carbocycles. The Morgan fingerprint density at radius 1 is 1.10 bits per heavy atom. The van der Waals surface area contributed by atoms with E-state index in [1.807, 2.05) is 0 Å². The largest absolute Gasteiger partial charge is 0.454 e. The monoisotopic (exact) mass is 426 g/mol. The fourth-order valence-electron chi connectivity index (χ4n) is 3.52. The number of fused-ring (bicyclic) bond motifs is 1. The highest BCUT2D eigenvalue weighted by Crippen LogP contribution is 2.45. The topological polar surface area (TPSA) is 96.9 Å². The van der Waals surface area contributed by atoms with Crippen molar-refractivity contribution in [3.63, 3.8) is 0 Å². The second kappa shape index (κ2) is 6.87. The maximum Gasteiger partial charge on any atom is 0.437 e. The van der Waals surface area contributed by atoms with Gasteiger partial charge in [0.15, 0.2) is 17.3 Å². The zero-order chi connectivity index (χ0) is 21.7. The van der Waals surface area contributed by atoms with E-state index in [0.29, 0.717) is 5.75 Å². The van der Waals surface area contributed by atoms with Crippen molar-refractivity contribution in [1.82, 2.24) is 10.6 Å². The first-order chi connectivity index (χ1) is 14.1. The quantitative estimate of drug-likeness (QED) is 0.518. The van der Waals surface area contributed by atoms with Crippen LogP contribution in [0.4, 0.5) is 22.4 Å². The van der Waals surface area contributed by atoms with Crippen molar-refractivity contribution in [3.8, 4) is 11.5 Å². The molecular weight excluding hydrogens is 412 g/mol. The highest BCUT2D eigenvalue weighted by Gasteiger charge is 2.66. The van der Waals surface area contributed by atoms with E-state index in [0.717, 1.165) is 24.3 Å². The fourth-order valence-corrected chi connectivity index (χ4v) is 3.52. The van der Waals surface area contributed by atoms with Crippen molar-refractivity contribution in [2.24, 2.45) is 5.92 Å². The van der Waals surface area contributed by atoms with Crippen LogP contribution in [0.5, 0.6) is 11.5 Å². The summed E-state index contributed by atoms with van der Waals surface area (Å²) >= 11 is 0. The van der Waals surface area contributed by atoms with Crippen molar-refractivity contribution in [3.05, 3.63) is 59.4 Å². The third-order valence-electron chi connectivity index (χ3n) is 4.97. The number of carbonyl (C=O) groups is 2. The molecule has 2 aliphatic heterocycles. The van der Waals surface area contributed by atoms with Gasteiger partial charge in [-0.15, -0.1) is 0 Å². The first-order valence-corrected chi connectivity index (χ1v) is 8.67. The number of nitrogens with one attached hydrogen (secondary N) is 2. The number of aliphatic hydroxyl groups is 1. The van der Waals surface area contributed by atoms with Crippen molar-refractivity contribution >= 4 is 11.8 Å². The van der Waals surface area contributed by atoms with Gasteiger partial charge in [0.1, 0.15) is 11.7 Å². The molecule has 0 spiro atoms. The normalized spacial score (nSPS) is 25.4. The van der Waals surface area contributed by atoms with Crippen LogP contribution in [0.3, 0.4) is 0 Å². The Kier molecular flexibility index (Phi) is 4.57. The van der Waals surface area contributed by atoms with Gasteiger partial charge in [-0.1, -0.05) is 6.07 Å². The van der Waals surface area contributed by atoms with Crippen molar-refractivity contribution in [1.29, 1.82) is 0 Å². The molecule has 2 amide bonds. The molecule has 1 fully saturated rings. The van der Waals surface area contributed by atoms with Crippen LogP contribution in [0.15, 0.2) is 42.5 Å². The van der Waals surface area contributed by atoms with Gasteiger partial charge in [0.05, 0.1) is 6.04 Å². The second-order valence-electron chi connectivity index (χ2n) is 6.80. The summed E-state index contributed by atoms with van der Waals surface area (Å²) in [6.07, 6.45) is -5.39. The molecule has 0 saturated carbocycles. The molecule has 2 aliphatic rings. The SMILES string of the molecule is O=C1N[C@@H](c2ccc3c(c2)OCO3)[C@@H](C(=O)c2ccc(F)cc2)[C@](O)(C(F)(F)F)N1. The molecule has 0 aromatic heterocycles. The number of halogens is 4. The summed E-state index contributed by atoms with van der Waals surface area (Å²) in [5.41, 5.74) is -4.06. The summed E-state index contributed by atoms with van der Waals surface area (Å²) in [4.78, 5) is 25.1. The number of urea groups is 1. The Bertz CT molecular complexity index is 1010. The van der Waals surface area contributed by atoms with Gasteiger partial charge in [-0.3, -0.25) is 4.79 Å². The summed E-state index contributed by atoms with van der Waals surface area (Å²) in [5.74, 6) is -3.51. The van der Waals surface area contributed by atoms with Crippen LogP contribution in [0.2, 0.25) is 0 Å². The van der Waals surface area contributed by atoms with Crippen LogP contribution in [0, 0.1) is 11.7 Å². The number of benzene rings is 2. The Balaban J connectivity index is 1.84. The van der Waals surface area contributed by atoms with Gasteiger partial charge in [-0.25, -0.2) is 9.18 Å². The molecular formula is C19H14F4N2O5. The highest BCUT2D eigenvalue weighted by molar-refractivity contribution is 6.00. The van der Waals surface area contributed by atoms with Gasteiger partial charge < -0.3 is 25.2 Å². The minimum Gasteiger partial charge on any atom is -0.454 e. The summed E-state index contributed by atoms with van der Waals surface area (Å²) in [7, 11) is 0. The number of alkyl halides is 3. The van der Waals surface area contributed by atoms with E-state index in [1.54, 1.807) is 0 Å². The Hall–Kier alpha value is -3.34. The van der Waals surface area contributed by atoms with Gasteiger partial charge in [-0.05, 0) is 42.0 Å². The first kappa shape index (κ1) is 20.0. The Labute approximate surface area is 166 Å². The number of rotatable bonds is 3. The molecule has 3 atom stereocenters. The summed E-state index contributed by atoms with van der Waals surface area (Å²) in [6.45, 7) is -0.0954. The molecule has 1 saturated heterocycles. The predicted molar refractivity (Wildman–Crippen MR) is 92.2 cm³/mol. The number of amides is 2. The standard InChI is InChI=1S/C19H14F4N2O5/c20-11-4-1-9(2-5-11)16(26)14-15(10-3-6-12-13(7-10)30-8-29-12)24-17(27)25-18(14,28)19(21,22)23/h1-7,14-15,28H,8H2,(H2,24,25,27)/t14-,15-,18-/m0/s1. The average molecular weight is 426 g/mol. The third kappa shape index (κ3) is 3.20. The molecule has 0 unspecified atom stereocenters. The van der Waals surface area contributed by atoms with Crippen LogP contribution >= 0.6 is 0 Å². The maximum absolute atomic E-state index is 13.8. The van der Waals surface area contributed by atoms with Gasteiger partial charge in [0.2, 0.25) is 12.5 Å². The number of ether oxygens (including phenoxy) is 2. The zero-order valence-corrected chi connectivity index (χ0v) is 15.0. The summed E-state index contributed by atoms with van der Waals surface area (Å²) in [6, 6.07) is 5.01. The van der Waals surface area contributed by atoms with Crippen LogP contribution in [-0.2, 0) is 0 Å². The van der Waals surface area contributed by atoms with E-state index in [-0.39, 0.29) is 23.7 Å². The van der Waals surface area contributed by atoms with E-state index < -0.39 is 41.5 Å². The predicted octanol–water partition coefficient (Wildman–Crippen LogP) is 2.66. The lowest BCUT2D eigenvalue weighted by atomic mass is 9.77. The molecule has 2 aromatic rings. The summed E-state index contributed by atoms with van der Waals surface area (Å²) < 4.78 is 65.1. The molecule has 2 heterocycles. The minimum absolute atomic E-state index is 0.0808. The number of hydrogen-bond acceptors (Lipinski definition) is 5. The molecule has 0 radical (unpaired) electrons. The molecule has 4 rings (SSSR count). The number of Topliss-reactive ketones (excluding diaryl/α,β-unsaturated/α-hetero) is 1. The number of ketones is 1. The molecule has 30 heavy (non-hydrogen) atoms. The smallest absolute Gasteiger partial charge is 0.437 e. The third-order valence-corrected chi connectivity index (χ3v) is 4.97. The lowest BCUT2D eigenvalue weighted by Gasteiger charge is -2.45. The van der Waals surface area contributed by atoms with Crippen molar-refractivity contribution < 1.29 is 41.7 Å². The molecule has 3 N–H and O–H groups in total. The molecule has 0 aliphatic carbocycles. The molecule has 158 valence electrons. The Morgan fingerprint density at radius 3 is 2.43 bits per heavy atom. The van der Waals surface area contributed by atoms with Crippen LogP contribution in [-0.4, -0.2) is 35.6 Å². The van der Waals surface area contributed by atoms with Gasteiger partial charge >= 0.3 is 12.2 Å². The lowest BCUT2D eigenvalue weighted by Crippen LogP contribution is -2.72. The van der Waals surface area contributed by atoms with E-state index in [1.165, 1.54) is 23.5 Å². The molecule has 0 bridgehead atoms. The minimum atomic E-state index is -5.39. The lowest BCUT2D eigenvalue weighted by molar-refractivity contribution is -0.287. The second-order valence-corrected chi connectivity index (χ2v) is 6.80. The average Bonchev–Trinajstić information content (AvgIpc) is 3.14. The van der Waals surface area contributed by atoms with Crippen LogP contribution in [0.1, 0.15) is 22.0 Å². The maximum atomic E-state index is 13.8. The van der Waals surface area contributed by atoms with E-state index in [2.05, 4.69) is 5.32 Å². The van der Waals surface area contributed by atoms with Gasteiger partial charge in [0.25, 0.3) is 0 Å². The Morgan fingerprint density at radius 2 is 1.77 bits per heavy atom. The van der Waals surface area contributed by atoms with E-state index in [4.69, 9.17) is 9.47 Å². The van der Waals surface area contributed by atoms with Gasteiger partial charge in [0, 0.05) is 5.56 Å². The fraction of sp³-hybridized carbons (Fsp3) is 0.263. The van der Waals surface area contributed by atoms with Crippen molar-refractivity contribution in [2.45, 2.75) is 17.9 Å². The number of hydrogen-bond donors (Lipinski definition) is 3. The van der Waals surface area contributed by atoms with Crippen LogP contribution < -0.4 is 20.1 Å². The van der Waals surface area contributed by atoms with Crippen LogP contribution in [0.25, 0.3) is 0 Å². The first-order valence-electron chi connectivity index (χ1n) is 8.67. The van der Waals surface area contributed by atoms with E-state index in [9.17, 15) is 32.3 Å². The van der Waals surface area contributed by atoms with E-state index >= 15 is 0 Å². The van der Waals surface area contributed by atoms with Gasteiger partial charge in [-0.2, -0.15) is 13.2 Å². The molecule has 11 heteroatoms. The molecule has 7 nitrogen and oxygen atoms in total. The highest BCUT2D eigenvalue weighted by atomic mass is 19.4. The van der Waals surface area contributed by atoms with Crippen molar-refractivity contribution in [2.75, 3.05) is 6.79 Å². The number of carbonyl (C=O) groups excluding carboxylic acids is 2. The zero-order valence-electron chi connectivity index (χ0n) is 15.0.